The number of carbonyl (C=O) groups excluding carboxylic acids is 2. The van der Waals surface area contributed by atoms with Gasteiger partial charge in [-0.15, -0.1) is 0 Å². The number of nitrogens with two attached hydrogens (primary N) is 1. The van der Waals surface area contributed by atoms with Crippen molar-refractivity contribution in [1.82, 2.24) is 14.5 Å². The van der Waals surface area contributed by atoms with E-state index in [9.17, 15) is 14.7 Å². The van der Waals surface area contributed by atoms with Crippen molar-refractivity contribution in [1.29, 1.82) is 0 Å². The Hall–Kier alpha value is -2.83. The molecule has 25 heavy (non-hydrogen) atoms. The highest BCUT2D eigenvalue weighted by Crippen LogP contribution is 2.28. The van der Waals surface area contributed by atoms with Crippen molar-refractivity contribution in [2.75, 3.05) is 13.1 Å². The topological polar surface area (TPSA) is 101 Å². The number of phenols is 1. The van der Waals surface area contributed by atoms with Gasteiger partial charge in [-0.3, -0.25) is 9.59 Å². The van der Waals surface area contributed by atoms with Crippen LogP contribution in [0.5, 0.6) is 5.75 Å². The maximum absolute atomic E-state index is 12.9. The van der Waals surface area contributed by atoms with Gasteiger partial charge < -0.3 is 20.3 Å². The second-order valence-corrected chi connectivity index (χ2v) is 6.42. The zero-order valence-corrected chi connectivity index (χ0v) is 14.2. The molecule has 132 valence electrons. The molecule has 3 N–H and O–H groups in total. The Labute approximate surface area is 146 Å². The molecular formula is C18H22N4O3. The molecule has 1 aliphatic rings. The standard InChI is InChI=1S/C18H22N4O3/c1-12-14(5-2-6-15(12)23)18(25)22-8-3-4-13(10-22)17-20-7-9-21(17)11-16(19)24/h2,5-7,9,13,23H,3-4,8,10-11H2,1H3,(H2,19,24). The van der Waals surface area contributed by atoms with Crippen molar-refractivity contribution in [2.24, 2.45) is 5.73 Å². The fourth-order valence-electron chi connectivity index (χ4n) is 3.38. The minimum atomic E-state index is -0.418. The van der Waals surface area contributed by atoms with Gasteiger partial charge in [-0.05, 0) is 31.9 Å². The number of phenolic OH excluding ortho intramolecular Hbond substituents is 1. The summed E-state index contributed by atoms with van der Waals surface area (Å²) in [7, 11) is 0. The van der Waals surface area contributed by atoms with Gasteiger partial charge in [-0.1, -0.05) is 6.07 Å². The van der Waals surface area contributed by atoms with Crippen LogP contribution >= 0.6 is 0 Å². The largest absolute Gasteiger partial charge is 0.508 e. The minimum Gasteiger partial charge on any atom is -0.508 e. The third-order valence-electron chi connectivity index (χ3n) is 4.68. The van der Waals surface area contributed by atoms with E-state index in [1.54, 1.807) is 47.0 Å². The second-order valence-electron chi connectivity index (χ2n) is 6.42. The van der Waals surface area contributed by atoms with Gasteiger partial charge in [-0.2, -0.15) is 0 Å². The molecule has 2 aromatic rings. The van der Waals surface area contributed by atoms with Crippen LogP contribution in [0.15, 0.2) is 30.6 Å². The van der Waals surface area contributed by atoms with E-state index < -0.39 is 5.91 Å². The van der Waals surface area contributed by atoms with Crippen LogP contribution in [0, 0.1) is 6.92 Å². The Kier molecular flexibility index (Phi) is 4.74. The number of hydrogen-bond donors (Lipinski definition) is 2. The van der Waals surface area contributed by atoms with Crippen LogP contribution in [0.25, 0.3) is 0 Å². The van der Waals surface area contributed by atoms with Gasteiger partial charge in [0.2, 0.25) is 5.91 Å². The molecule has 7 nitrogen and oxygen atoms in total. The average Bonchev–Trinajstić information content (AvgIpc) is 3.04. The fraction of sp³-hybridized carbons (Fsp3) is 0.389. The molecule has 0 spiro atoms. The predicted molar refractivity (Wildman–Crippen MR) is 92.1 cm³/mol. The number of aromatic nitrogens is 2. The maximum Gasteiger partial charge on any atom is 0.254 e. The van der Waals surface area contributed by atoms with Gasteiger partial charge >= 0.3 is 0 Å². The number of benzene rings is 1. The van der Waals surface area contributed by atoms with Crippen LogP contribution in [0.4, 0.5) is 0 Å². The lowest BCUT2D eigenvalue weighted by atomic mass is 9.95. The highest BCUT2D eigenvalue weighted by molar-refractivity contribution is 5.96. The first-order valence-corrected chi connectivity index (χ1v) is 8.34. The molecule has 1 aromatic carbocycles. The third kappa shape index (κ3) is 3.50. The summed E-state index contributed by atoms with van der Waals surface area (Å²) in [6.45, 7) is 3.03. The lowest BCUT2D eigenvalue weighted by molar-refractivity contribution is -0.118. The number of hydrogen-bond acceptors (Lipinski definition) is 4. The Balaban J connectivity index is 1.80. The quantitative estimate of drug-likeness (QED) is 0.877. The molecule has 2 amide bonds. The van der Waals surface area contributed by atoms with Gasteiger partial charge in [-0.25, -0.2) is 4.98 Å². The zero-order chi connectivity index (χ0) is 18.0. The molecule has 7 heteroatoms. The van der Waals surface area contributed by atoms with E-state index in [0.717, 1.165) is 18.7 Å². The van der Waals surface area contributed by atoms with Crippen LogP contribution in [0.2, 0.25) is 0 Å². The first-order valence-electron chi connectivity index (χ1n) is 8.34. The molecule has 1 atom stereocenters. The predicted octanol–water partition coefficient (Wildman–Crippen LogP) is 1.40. The SMILES string of the molecule is Cc1c(O)cccc1C(=O)N1CCCC(c2nccn2CC(N)=O)C1. The van der Waals surface area contributed by atoms with E-state index in [0.29, 0.717) is 24.2 Å². The van der Waals surface area contributed by atoms with Crippen molar-refractivity contribution in [3.63, 3.8) is 0 Å². The summed E-state index contributed by atoms with van der Waals surface area (Å²) in [5.74, 6) is 0.453. The molecule has 2 heterocycles. The Morgan fingerprint density at radius 3 is 2.96 bits per heavy atom. The lowest BCUT2D eigenvalue weighted by Gasteiger charge is -2.33. The van der Waals surface area contributed by atoms with Crippen LogP contribution in [0.3, 0.4) is 0 Å². The van der Waals surface area contributed by atoms with Crippen LogP contribution < -0.4 is 5.73 Å². The lowest BCUT2D eigenvalue weighted by Crippen LogP contribution is -2.40. The molecule has 1 aromatic heterocycles. The number of imidazole rings is 1. The highest BCUT2D eigenvalue weighted by atomic mass is 16.3. The smallest absolute Gasteiger partial charge is 0.254 e. The monoisotopic (exact) mass is 342 g/mol. The van der Waals surface area contributed by atoms with E-state index in [4.69, 9.17) is 5.73 Å². The molecule has 0 saturated carbocycles. The molecule has 1 unspecified atom stereocenters. The van der Waals surface area contributed by atoms with Gasteiger partial charge in [0.05, 0.1) is 0 Å². The summed E-state index contributed by atoms with van der Waals surface area (Å²) < 4.78 is 1.75. The number of primary amides is 1. The first kappa shape index (κ1) is 17.0. The van der Waals surface area contributed by atoms with Crippen LogP contribution in [-0.4, -0.2) is 44.5 Å². The summed E-state index contributed by atoms with van der Waals surface area (Å²) in [4.78, 5) is 30.2. The Morgan fingerprint density at radius 1 is 1.40 bits per heavy atom. The third-order valence-corrected chi connectivity index (χ3v) is 4.68. The summed E-state index contributed by atoms with van der Waals surface area (Å²) >= 11 is 0. The van der Waals surface area contributed by atoms with Crippen LogP contribution in [-0.2, 0) is 11.3 Å². The summed E-state index contributed by atoms with van der Waals surface area (Å²) in [6.07, 6.45) is 5.15. The molecule has 1 saturated heterocycles. The molecule has 1 aliphatic heterocycles. The zero-order valence-electron chi connectivity index (χ0n) is 14.2. The van der Waals surface area contributed by atoms with Crippen molar-refractivity contribution >= 4 is 11.8 Å². The Morgan fingerprint density at radius 2 is 2.20 bits per heavy atom. The molecular weight excluding hydrogens is 320 g/mol. The molecule has 1 fully saturated rings. The number of carbonyl (C=O) groups is 2. The van der Waals surface area contributed by atoms with E-state index in [1.807, 2.05) is 0 Å². The van der Waals surface area contributed by atoms with E-state index >= 15 is 0 Å². The summed E-state index contributed by atoms with van der Waals surface area (Å²) in [5.41, 5.74) is 6.39. The molecule has 3 rings (SSSR count). The van der Waals surface area contributed by atoms with E-state index in [-0.39, 0.29) is 24.1 Å². The van der Waals surface area contributed by atoms with Crippen LogP contribution in [0.1, 0.15) is 40.5 Å². The van der Waals surface area contributed by atoms with Gasteiger partial charge in [0.1, 0.15) is 18.1 Å². The number of aromatic hydroxyl groups is 1. The van der Waals surface area contributed by atoms with Gasteiger partial charge in [0, 0.05) is 42.5 Å². The summed E-state index contributed by atoms with van der Waals surface area (Å²) in [6, 6.07) is 4.98. The Bertz CT molecular complexity index is 799. The molecule has 0 radical (unpaired) electrons. The van der Waals surface area contributed by atoms with E-state index in [2.05, 4.69) is 4.98 Å². The average molecular weight is 342 g/mol. The summed E-state index contributed by atoms with van der Waals surface area (Å²) in [5, 5.41) is 9.84. The number of amides is 2. The normalized spacial score (nSPS) is 17.5. The van der Waals surface area contributed by atoms with Crippen molar-refractivity contribution in [2.45, 2.75) is 32.2 Å². The van der Waals surface area contributed by atoms with Gasteiger partial charge in [0.15, 0.2) is 0 Å². The fourth-order valence-corrected chi connectivity index (χ4v) is 3.38. The van der Waals surface area contributed by atoms with Crippen molar-refractivity contribution in [3.8, 4) is 5.75 Å². The number of rotatable bonds is 4. The molecule has 0 aliphatic carbocycles. The highest BCUT2D eigenvalue weighted by Gasteiger charge is 2.29. The van der Waals surface area contributed by atoms with E-state index in [1.165, 1.54) is 0 Å². The number of likely N-dealkylation sites (tertiary alicyclic amines) is 1. The first-order chi connectivity index (χ1) is 12.0. The maximum atomic E-state index is 12.9. The van der Waals surface area contributed by atoms with Crippen molar-refractivity contribution in [3.05, 3.63) is 47.5 Å². The second kappa shape index (κ2) is 6.96. The van der Waals surface area contributed by atoms with Crippen molar-refractivity contribution < 1.29 is 14.7 Å². The number of piperidine rings is 1. The number of nitrogens with zero attached hydrogens (tertiary/aromatic N) is 3. The molecule has 0 bridgehead atoms. The van der Waals surface area contributed by atoms with Gasteiger partial charge in [0.25, 0.3) is 5.91 Å². The minimum absolute atomic E-state index is 0.0599.